The largest absolute Gasteiger partial charge is 0.314 e. The molecule has 18 heavy (non-hydrogen) atoms. The Morgan fingerprint density at radius 3 is 2.50 bits per heavy atom. The molecule has 0 radical (unpaired) electrons. The molecule has 1 aliphatic heterocycles. The topological polar surface area (TPSA) is 49.4 Å². The van der Waals surface area contributed by atoms with E-state index in [-0.39, 0.29) is 5.88 Å². The molecule has 1 N–H and O–H groups in total. The fraction of sp³-hybridized carbons (Fsp3) is 0.538. The third-order valence-electron chi connectivity index (χ3n) is 3.23. The number of piperazine rings is 1. The second-order valence-electron chi connectivity index (χ2n) is 4.88. The van der Waals surface area contributed by atoms with Gasteiger partial charge in [0.1, 0.15) is 5.88 Å². The average Bonchev–Trinajstić information content (AvgIpc) is 2.29. The summed E-state index contributed by atoms with van der Waals surface area (Å²) in [5, 5.41) is 3.22. The lowest BCUT2D eigenvalue weighted by atomic mass is 10.2. The van der Waals surface area contributed by atoms with Gasteiger partial charge in [-0.25, -0.2) is 8.42 Å². The molecule has 0 atom stereocenters. The molecule has 1 fully saturated rings. The molecule has 5 heteroatoms. The summed E-state index contributed by atoms with van der Waals surface area (Å²) in [5.41, 5.74) is 1.93. The highest BCUT2D eigenvalue weighted by Crippen LogP contribution is 2.18. The first-order chi connectivity index (χ1) is 8.49. The minimum atomic E-state index is -3.21. The van der Waals surface area contributed by atoms with Crippen molar-refractivity contribution in [2.45, 2.75) is 18.7 Å². The quantitative estimate of drug-likeness (QED) is 0.886. The number of hydrogen-bond acceptors (Lipinski definition) is 4. The zero-order valence-electron chi connectivity index (χ0n) is 10.9. The van der Waals surface area contributed by atoms with Gasteiger partial charge >= 0.3 is 0 Å². The fourth-order valence-electron chi connectivity index (χ4n) is 2.30. The van der Waals surface area contributed by atoms with E-state index >= 15 is 0 Å². The van der Waals surface area contributed by atoms with Crippen molar-refractivity contribution in [2.75, 3.05) is 32.1 Å². The highest BCUT2D eigenvalue weighted by molar-refractivity contribution is 7.91. The predicted molar refractivity (Wildman–Crippen MR) is 72.4 cm³/mol. The first-order valence-electron chi connectivity index (χ1n) is 6.22. The van der Waals surface area contributed by atoms with Crippen LogP contribution in [0.25, 0.3) is 0 Å². The van der Waals surface area contributed by atoms with Gasteiger partial charge in [-0.15, -0.1) is 0 Å². The lowest BCUT2D eigenvalue weighted by molar-refractivity contribution is 0.274. The highest BCUT2D eigenvalue weighted by atomic mass is 32.2. The molecule has 1 aromatic carbocycles. The number of aryl methyl sites for hydroxylation is 2. The van der Waals surface area contributed by atoms with Crippen molar-refractivity contribution in [1.29, 1.82) is 0 Å². The third kappa shape index (κ3) is 3.10. The van der Waals surface area contributed by atoms with Crippen molar-refractivity contribution in [3.63, 3.8) is 0 Å². The van der Waals surface area contributed by atoms with Gasteiger partial charge in [-0.1, -0.05) is 17.7 Å². The van der Waals surface area contributed by atoms with Gasteiger partial charge in [0.15, 0.2) is 9.84 Å². The van der Waals surface area contributed by atoms with Gasteiger partial charge in [0.2, 0.25) is 0 Å². The Morgan fingerprint density at radius 2 is 1.89 bits per heavy atom. The van der Waals surface area contributed by atoms with Crippen LogP contribution in [0.4, 0.5) is 0 Å². The first-order valence-corrected chi connectivity index (χ1v) is 7.87. The van der Waals surface area contributed by atoms with Crippen LogP contribution in [0, 0.1) is 13.8 Å². The maximum absolute atomic E-state index is 12.4. The first kappa shape index (κ1) is 13.5. The minimum Gasteiger partial charge on any atom is -0.314 e. The van der Waals surface area contributed by atoms with Crippen LogP contribution < -0.4 is 5.32 Å². The highest BCUT2D eigenvalue weighted by Gasteiger charge is 2.22. The molecule has 0 aromatic heterocycles. The second kappa shape index (κ2) is 5.38. The van der Waals surface area contributed by atoms with E-state index < -0.39 is 9.84 Å². The van der Waals surface area contributed by atoms with Gasteiger partial charge < -0.3 is 5.32 Å². The van der Waals surface area contributed by atoms with Crippen LogP contribution in [0.5, 0.6) is 0 Å². The Bertz CT molecular complexity index is 520. The van der Waals surface area contributed by atoms with Crippen molar-refractivity contribution in [3.05, 3.63) is 29.3 Å². The molecule has 0 saturated carbocycles. The van der Waals surface area contributed by atoms with Crippen molar-refractivity contribution >= 4 is 9.84 Å². The average molecular weight is 268 g/mol. The van der Waals surface area contributed by atoms with E-state index in [2.05, 4.69) is 5.32 Å². The maximum Gasteiger partial charge on any atom is 0.191 e. The van der Waals surface area contributed by atoms with E-state index in [1.807, 2.05) is 30.9 Å². The molecule has 1 aromatic rings. The van der Waals surface area contributed by atoms with E-state index in [9.17, 15) is 8.42 Å². The molecule has 1 heterocycles. The molecular weight excluding hydrogens is 248 g/mol. The van der Waals surface area contributed by atoms with Crippen molar-refractivity contribution in [2.24, 2.45) is 0 Å². The number of rotatable bonds is 3. The lowest BCUT2D eigenvalue weighted by Gasteiger charge is -2.27. The Morgan fingerprint density at radius 1 is 1.22 bits per heavy atom. The smallest absolute Gasteiger partial charge is 0.191 e. The van der Waals surface area contributed by atoms with Crippen LogP contribution in [-0.4, -0.2) is 45.4 Å². The zero-order chi connectivity index (χ0) is 13.2. The maximum atomic E-state index is 12.4. The number of nitrogens with zero attached hydrogens (tertiary/aromatic N) is 1. The molecule has 0 unspecified atom stereocenters. The fourth-order valence-corrected chi connectivity index (χ4v) is 4.00. The van der Waals surface area contributed by atoms with Gasteiger partial charge in [0.25, 0.3) is 0 Å². The summed E-state index contributed by atoms with van der Waals surface area (Å²) < 4.78 is 24.7. The predicted octanol–water partition coefficient (Wildman–Crippen LogP) is 0.940. The summed E-state index contributed by atoms with van der Waals surface area (Å²) in [4.78, 5) is 2.46. The summed E-state index contributed by atoms with van der Waals surface area (Å²) >= 11 is 0. The van der Waals surface area contributed by atoms with Crippen LogP contribution in [0.1, 0.15) is 11.1 Å². The minimum absolute atomic E-state index is 0.124. The molecule has 0 spiro atoms. The number of benzene rings is 1. The van der Waals surface area contributed by atoms with Crippen molar-refractivity contribution in [1.82, 2.24) is 10.2 Å². The molecule has 0 amide bonds. The van der Waals surface area contributed by atoms with E-state index in [4.69, 9.17) is 0 Å². The third-order valence-corrected chi connectivity index (χ3v) is 5.06. The number of sulfone groups is 1. The molecule has 100 valence electrons. The summed E-state index contributed by atoms with van der Waals surface area (Å²) in [5.74, 6) is 0.124. The standard InChI is InChI=1S/C13H20N2O2S/c1-11-3-4-13(12(2)9-11)18(16,17)10-15-7-5-14-6-8-15/h3-4,9,14H,5-8,10H2,1-2H3. The zero-order valence-corrected chi connectivity index (χ0v) is 11.8. The van der Waals surface area contributed by atoms with Crippen LogP contribution in [0.15, 0.2) is 23.1 Å². The summed E-state index contributed by atoms with van der Waals surface area (Å²) in [7, 11) is -3.21. The van der Waals surface area contributed by atoms with Crippen molar-refractivity contribution < 1.29 is 8.42 Å². The van der Waals surface area contributed by atoms with Gasteiger partial charge in [-0.05, 0) is 25.5 Å². The molecule has 1 aliphatic rings. The normalized spacial score (nSPS) is 17.9. The Balaban J connectivity index is 2.19. The number of hydrogen-bond donors (Lipinski definition) is 1. The Labute approximate surface area is 109 Å². The SMILES string of the molecule is Cc1ccc(S(=O)(=O)CN2CCNCC2)c(C)c1. The van der Waals surface area contributed by atoms with E-state index in [1.165, 1.54) is 0 Å². The summed E-state index contributed by atoms with van der Waals surface area (Å²) in [6, 6.07) is 5.50. The lowest BCUT2D eigenvalue weighted by Crippen LogP contribution is -2.45. The van der Waals surface area contributed by atoms with Gasteiger partial charge in [0.05, 0.1) is 4.90 Å². The van der Waals surface area contributed by atoms with Crippen LogP contribution in [0.2, 0.25) is 0 Å². The van der Waals surface area contributed by atoms with E-state index in [1.54, 1.807) is 6.07 Å². The molecular formula is C13H20N2O2S. The van der Waals surface area contributed by atoms with E-state index in [0.717, 1.165) is 37.3 Å². The molecule has 0 aliphatic carbocycles. The van der Waals surface area contributed by atoms with Crippen LogP contribution in [-0.2, 0) is 9.84 Å². The van der Waals surface area contributed by atoms with Gasteiger partial charge in [-0.3, -0.25) is 4.90 Å². The summed E-state index contributed by atoms with van der Waals surface area (Å²) in [6.45, 7) is 7.15. The van der Waals surface area contributed by atoms with Crippen LogP contribution >= 0.6 is 0 Å². The van der Waals surface area contributed by atoms with Crippen LogP contribution in [0.3, 0.4) is 0 Å². The van der Waals surface area contributed by atoms with Gasteiger partial charge in [0, 0.05) is 26.2 Å². The van der Waals surface area contributed by atoms with E-state index in [0.29, 0.717) is 4.90 Å². The Kier molecular flexibility index (Phi) is 4.04. The Hall–Kier alpha value is -0.910. The van der Waals surface area contributed by atoms with Crippen molar-refractivity contribution in [3.8, 4) is 0 Å². The van der Waals surface area contributed by atoms with Gasteiger partial charge in [-0.2, -0.15) is 0 Å². The summed E-state index contributed by atoms with van der Waals surface area (Å²) in [6.07, 6.45) is 0. The number of nitrogens with one attached hydrogen (secondary N) is 1. The monoisotopic (exact) mass is 268 g/mol. The molecule has 0 bridgehead atoms. The molecule has 4 nitrogen and oxygen atoms in total. The molecule has 1 saturated heterocycles. The molecule has 2 rings (SSSR count). The second-order valence-corrected chi connectivity index (χ2v) is 6.81.